The molecule has 1 heterocycles. The number of nitrogens with zero attached hydrogens (tertiary/aromatic N) is 2. The van der Waals surface area contributed by atoms with Crippen LogP contribution in [0.25, 0.3) is 0 Å². The largest absolute Gasteiger partial charge is 0.481 e. The standard InChI is InChI=1S/C14H21N3O3/c1-3-14(8-4-5-9-14)10-15-13-11(17(18)19)6-7-12(16-13)20-2/h6-7H,3-5,8-10H2,1-2H3,(H,15,16). The van der Waals surface area contributed by atoms with E-state index in [0.717, 1.165) is 13.0 Å². The van der Waals surface area contributed by atoms with E-state index in [2.05, 4.69) is 17.2 Å². The summed E-state index contributed by atoms with van der Waals surface area (Å²) in [5, 5.41) is 14.2. The van der Waals surface area contributed by atoms with Crippen molar-refractivity contribution in [3.8, 4) is 5.88 Å². The molecule has 1 fully saturated rings. The van der Waals surface area contributed by atoms with E-state index in [0.29, 0.717) is 11.7 Å². The summed E-state index contributed by atoms with van der Waals surface area (Å²) in [5.41, 5.74) is 0.244. The Morgan fingerprint density at radius 2 is 2.15 bits per heavy atom. The number of nitro groups is 1. The zero-order valence-corrected chi connectivity index (χ0v) is 12.0. The van der Waals surface area contributed by atoms with Gasteiger partial charge in [-0.15, -0.1) is 0 Å². The number of pyridine rings is 1. The second-order valence-electron chi connectivity index (χ2n) is 5.39. The van der Waals surface area contributed by atoms with Crippen molar-refractivity contribution in [3.63, 3.8) is 0 Å². The van der Waals surface area contributed by atoms with Crippen LogP contribution in [0.15, 0.2) is 12.1 Å². The fourth-order valence-electron chi connectivity index (χ4n) is 2.88. The molecule has 1 saturated carbocycles. The Kier molecular flexibility index (Phi) is 4.42. The van der Waals surface area contributed by atoms with Crippen LogP contribution in [-0.2, 0) is 0 Å². The van der Waals surface area contributed by atoms with Gasteiger partial charge in [0.25, 0.3) is 0 Å². The normalized spacial score (nSPS) is 16.9. The van der Waals surface area contributed by atoms with Crippen molar-refractivity contribution in [2.24, 2.45) is 5.41 Å². The van der Waals surface area contributed by atoms with Gasteiger partial charge in [0.2, 0.25) is 11.7 Å². The van der Waals surface area contributed by atoms with E-state index in [-0.39, 0.29) is 11.1 Å². The Balaban J connectivity index is 2.16. The smallest absolute Gasteiger partial charge is 0.311 e. The molecule has 110 valence electrons. The molecule has 1 aromatic rings. The Bertz CT molecular complexity index is 485. The third kappa shape index (κ3) is 3.00. The van der Waals surface area contributed by atoms with Crippen LogP contribution in [0.2, 0.25) is 0 Å². The quantitative estimate of drug-likeness (QED) is 0.638. The van der Waals surface area contributed by atoms with Gasteiger partial charge in [0.05, 0.1) is 12.0 Å². The van der Waals surface area contributed by atoms with Crippen LogP contribution in [0.5, 0.6) is 5.88 Å². The lowest BCUT2D eigenvalue weighted by atomic mass is 9.83. The van der Waals surface area contributed by atoms with Crippen molar-refractivity contribution < 1.29 is 9.66 Å². The van der Waals surface area contributed by atoms with Crippen LogP contribution in [0.1, 0.15) is 39.0 Å². The van der Waals surface area contributed by atoms with Crippen molar-refractivity contribution >= 4 is 11.5 Å². The molecule has 0 saturated heterocycles. The number of hydrogen-bond donors (Lipinski definition) is 1. The average Bonchev–Trinajstić information content (AvgIpc) is 2.94. The summed E-state index contributed by atoms with van der Waals surface area (Å²) >= 11 is 0. The summed E-state index contributed by atoms with van der Waals surface area (Å²) in [5.74, 6) is 0.684. The van der Waals surface area contributed by atoms with Crippen molar-refractivity contribution in [2.45, 2.75) is 39.0 Å². The fourth-order valence-corrected chi connectivity index (χ4v) is 2.88. The Labute approximate surface area is 118 Å². The molecule has 0 aromatic carbocycles. The highest BCUT2D eigenvalue weighted by Crippen LogP contribution is 2.41. The van der Waals surface area contributed by atoms with Gasteiger partial charge < -0.3 is 10.1 Å². The summed E-state index contributed by atoms with van der Waals surface area (Å²) in [6, 6.07) is 2.94. The molecule has 0 bridgehead atoms. The SMILES string of the molecule is CCC1(CNc2nc(OC)ccc2[N+](=O)[O-])CCCC1. The molecule has 0 spiro atoms. The molecule has 20 heavy (non-hydrogen) atoms. The van der Waals surface area contributed by atoms with Gasteiger partial charge in [-0.2, -0.15) is 4.98 Å². The van der Waals surface area contributed by atoms with Gasteiger partial charge >= 0.3 is 5.69 Å². The van der Waals surface area contributed by atoms with E-state index in [1.54, 1.807) is 0 Å². The van der Waals surface area contributed by atoms with Crippen molar-refractivity contribution in [2.75, 3.05) is 19.0 Å². The van der Waals surface area contributed by atoms with E-state index < -0.39 is 4.92 Å². The molecule has 0 aliphatic heterocycles. The molecule has 0 unspecified atom stereocenters. The van der Waals surface area contributed by atoms with Gasteiger partial charge in [-0.25, -0.2) is 0 Å². The van der Waals surface area contributed by atoms with Crippen LogP contribution in [-0.4, -0.2) is 23.6 Å². The van der Waals surface area contributed by atoms with E-state index >= 15 is 0 Å². The van der Waals surface area contributed by atoms with Crippen molar-refractivity contribution in [1.29, 1.82) is 0 Å². The minimum absolute atomic E-state index is 0.00458. The van der Waals surface area contributed by atoms with Crippen molar-refractivity contribution in [3.05, 3.63) is 22.2 Å². The van der Waals surface area contributed by atoms with Gasteiger partial charge in [0.1, 0.15) is 0 Å². The fraction of sp³-hybridized carbons (Fsp3) is 0.643. The molecule has 1 N–H and O–H groups in total. The molecule has 2 rings (SSSR count). The van der Waals surface area contributed by atoms with Crippen LogP contribution < -0.4 is 10.1 Å². The van der Waals surface area contributed by atoms with Gasteiger partial charge in [-0.3, -0.25) is 10.1 Å². The van der Waals surface area contributed by atoms with Gasteiger partial charge in [-0.1, -0.05) is 19.8 Å². The molecule has 6 nitrogen and oxygen atoms in total. The number of rotatable bonds is 6. The molecular formula is C14H21N3O3. The van der Waals surface area contributed by atoms with Gasteiger partial charge in [-0.05, 0) is 24.7 Å². The Morgan fingerprint density at radius 3 is 2.70 bits per heavy atom. The number of hydrogen-bond acceptors (Lipinski definition) is 5. The monoisotopic (exact) mass is 279 g/mol. The molecule has 1 aliphatic carbocycles. The maximum Gasteiger partial charge on any atom is 0.311 e. The topological polar surface area (TPSA) is 77.3 Å². The minimum Gasteiger partial charge on any atom is -0.481 e. The highest BCUT2D eigenvalue weighted by atomic mass is 16.6. The first-order chi connectivity index (χ1) is 9.60. The number of methoxy groups -OCH3 is 1. The maximum atomic E-state index is 11.1. The molecule has 0 radical (unpaired) electrons. The van der Waals surface area contributed by atoms with Crippen LogP contribution in [0.4, 0.5) is 11.5 Å². The number of aromatic nitrogens is 1. The molecular weight excluding hydrogens is 258 g/mol. The van der Waals surface area contributed by atoms with E-state index in [1.165, 1.54) is 44.9 Å². The molecule has 6 heteroatoms. The first-order valence-electron chi connectivity index (χ1n) is 7.03. The Morgan fingerprint density at radius 1 is 1.45 bits per heavy atom. The summed E-state index contributed by atoms with van der Waals surface area (Å²) < 4.78 is 5.04. The summed E-state index contributed by atoms with van der Waals surface area (Å²) in [6.07, 6.45) is 5.91. The molecule has 1 aliphatic rings. The maximum absolute atomic E-state index is 11.1. The lowest BCUT2D eigenvalue weighted by molar-refractivity contribution is -0.384. The highest BCUT2D eigenvalue weighted by molar-refractivity contribution is 5.57. The summed E-state index contributed by atoms with van der Waals surface area (Å²) in [4.78, 5) is 14.8. The Hall–Kier alpha value is -1.85. The van der Waals surface area contributed by atoms with Gasteiger partial charge in [0.15, 0.2) is 0 Å². The minimum atomic E-state index is -0.415. The summed E-state index contributed by atoms with van der Waals surface area (Å²) in [7, 11) is 1.50. The first-order valence-corrected chi connectivity index (χ1v) is 7.03. The first kappa shape index (κ1) is 14.6. The average molecular weight is 279 g/mol. The lowest BCUT2D eigenvalue weighted by Gasteiger charge is -2.27. The zero-order valence-electron chi connectivity index (χ0n) is 12.0. The van der Waals surface area contributed by atoms with Crippen LogP contribution in [0.3, 0.4) is 0 Å². The van der Waals surface area contributed by atoms with Crippen LogP contribution >= 0.6 is 0 Å². The van der Waals surface area contributed by atoms with E-state index in [1.807, 2.05) is 0 Å². The lowest BCUT2D eigenvalue weighted by Crippen LogP contribution is -2.26. The van der Waals surface area contributed by atoms with Crippen LogP contribution in [0, 0.1) is 15.5 Å². The van der Waals surface area contributed by atoms with Crippen molar-refractivity contribution in [1.82, 2.24) is 4.98 Å². The second-order valence-corrected chi connectivity index (χ2v) is 5.39. The van der Waals surface area contributed by atoms with E-state index in [4.69, 9.17) is 4.74 Å². The predicted molar refractivity (Wildman–Crippen MR) is 77.1 cm³/mol. The van der Waals surface area contributed by atoms with Gasteiger partial charge in [0, 0.05) is 18.7 Å². The number of nitrogens with one attached hydrogen (secondary N) is 1. The highest BCUT2D eigenvalue weighted by Gasteiger charge is 2.32. The number of ether oxygens (including phenoxy) is 1. The zero-order chi connectivity index (χ0) is 14.6. The molecule has 1 aromatic heterocycles. The second kappa shape index (κ2) is 6.07. The van der Waals surface area contributed by atoms with E-state index in [9.17, 15) is 10.1 Å². The summed E-state index contributed by atoms with van der Waals surface area (Å²) in [6.45, 7) is 2.91. The molecule has 0 atom stereocenters. The third-order valence-electron chi connectivity index (χ3n) is 4.30. The number of anilines is 1. The predicted octanol–water partition coefficient (Wildman–Crippen LogP) is 3.38. The third-order valence-corrected chi connectivity index (χ3v) is 4.30. The molecule has 0 amide bonds.